The third-order valence-electron chi connectivity index (χ3n) is 8.30. The lowest BCUT2D eigenvalue weighted by Gasteiger charge is -2.55. The number of hydrogen-bond acceptors (Lipinski definition) is 8. The van der Waals surface area contributed by atoms with E-state index in [4.69, 9.17) is 21.3 Å². The van der Waals surface area contributed by atoms with Crippen molar-refractivity contribution in [2.45, 2.75) is 18.9 Å². The first-order chi connectivity index (χ1) is 19.4. The van der Waals surface area contributed by atoms with Crippen LogP contribution in [-0.2, 0) is 4.74 Å². The largest absolute Gasteiger partial charge is 0.493 e. The molecule has 0 aliphatic carbocycles. The van der Waals surface area contributed by atoms with Gasteiger partial charge in [0.2, 0.25) is 5.88 Å². The number of rotatable bonds is 9. The highest BCUT2D eigenvalue weighted by Crippen LogP contribution is 2.43. The van der Waals surface area contributed by atoms with Gasteiger partial charge in [-0.1, -0.05) is 23.7 Å². The molecular formula is C30H35ClN6O3. The number of anilines is 2. The first-order valence-electron chi connectivity index (χ1n) is 13.7. The van der Waals surface area contributed by atoms with Crippen molar-refractivity contribution in [2.24, 2.45) is 5.41 Å². The van der Waals surface area contributed by atoms with Gasteiger partial charge in [-0.15, -0.1) is 0 Å². The predicted octanol–water partition coefficient (Wildman–Crippen LogP) is 4.68. The molecule has 0 unspecified atom stereocenters. The molecule has 0 radical (unpaired) electrons. The normalized spacial score (nSPS) is 17.7. The number of ether oxygens (including phenoxy) is 1. The predicted molar refractivity (Wildman–Crippen MR) is 158 cm³/mol. The Morgan fingerprint density at radius 3 is 2.75 bits per heavy atom. The van der Waals surface area contributed by atoms with Gasteiger partial charge in [-0.05, 0) is 67.9 Å². The number of methoxy groups -OCH3 is 1. The number of likely N-dealkylation sites (tertiary alicyclic amines) is 1. The van der Waals surface area contributed by atoms with E-state index in [1.807, 2.05) is 12.1 Å². The number of nitrogens with zero attached hydrogens (tertiary/aromatic N) is 4. The Balaban J connectivity index is 1.15. The molecule has 1 spiro atoms. The van der Waals surface area contributed by atoms with Gasteiger partial charge in [-0.2, -0.15) is 0 Å². The smallest absolute Gasteiger partial charge is 0.224 e. The number of benzene rings is 2. The summed E-state index contributed by atoms with van der Waals surface area (Å²) in [5, 5.41) is 25.1. The van der Waals surface area contributed by atoms with E-state index in [1.54, 1.807) is 31.4 Å². The molecule has 0 amide bonds. The van der Waals surface area contributed by atoms with Gasteiger partial charge < -0.3 is 35.1 Å². The first kappa shape index (κ1) is 26.8. The molecule has 0 saturated carbocycles. The maximum atomic E-state index is 10.7. The second-order valence-electron chi connectivity index (χ2n) is 11.0. The summed E-state index contributed by atoms with van der Waals surface area (Å²) < 4.78 is 5.24. The summed E-state index contributed by atoms with van der Waals surface area (Å²) in [6.07, 6.45) is 3.20. The van der Waals surface area contributed by atoms with Crippen LogP contribution in [0.1, 0.15) is 24.5 Å². The van der Waals surface area contributed by atoms with E-state index in [1.165, 1.54) is 19.0 Å². The fourth-order valence-electron chi connectivity index (χ4n) is 5.91. The number of aromatic nitrogens is 3. The van der Waals surface area contributed by atoms with E-state index < -0.39 is 6.10 Å². The average molecular weight is 563 g/mol. The number of nitrogens with one attached hydrogen (secondary N) is 2. The monoisotopic (exact) mass is 562 g/mol. The van der Waals surface area contributed by atoms with Crippen molar-refractivity contribution in [3.05, 3.63) is 65.3 Å². The van der Waals surface area contributed by atoms with Crippen molar-refractivity contribution in [1.29, 1.82) is 0 Å². The van der Waals surface area contributed by atoms with Crippen LogP contribution in [0.5, 0.6) is 5.88 Å². The fourth-order valence-corrected chi connectivity index (χ4v) is 6.11. The summed E-state index contributed by atoms with van der Waals surface area (Å²) in [7, 11) is 1.76. The van der Waals surface area contributed by atoms with Gasteiger partial charge in [0.1, 0.15) is 11.4 Å². The molecule has 1 atom stereocenters. The number of pyridine rings is 1. The van der Waals surface area contributed by atoms with Crippen LogP contribution >= 0.6 is 11.6 Å². The number of aromatic amines is 1. The number of aromatic hydroxyl groups is 1. The molecule has 2 fully saturated rings. The molecule has 210 valence electrons. The Hall–Kier alpha value is -3.37. The van der Waals surface area contributed by atoms with E-state index in [9.17, 15) is 10.2 Å². The Morgan fingerprint density at radius 1 is 1.15 bits per heavy atom. The van der Waals surface area contributed by atoms with Gasteiger partial charge in [0.15, 0.2) is 0 Å². The highest BCUT2D eigenvalue weighted by molar-refractivity contribution is 6.30. The van der Waals surface area contributed by atoms with Crippen molar-refractivity contribution < 1.29 is 14.9 Å². The number of imidazole rings is 1. The van der Waals surface area contributed by atoms with Crippen LogP contribution in [0, 0.1) is 5.41 Å². The van der Waals surface area contributed by atoms with Crippen LogP contribution in [0.2, 0.25) is 5.02 Å². The summed E-state index contributed by atoms with van der Waals surface area (Å²) in [6, 6.07) is 15.2. The maximum Gasteiger partial charge on any atom is 0.224 e. The van der Waals surface area contributed by atoms with E-state index >= 15 is 0 Å². The number of piperidine rings is 1. The lowest BCUT2D eigenvalue weighted by atomic mass is 9.71. The fraction of sp³-hybridized carbons (Fsp3) is 0.400. The zero-order chi connectivity index (χ0) is 27.7. The minimum Gasteiger partial charge on any atom is -0.493 e. The molecule has 2 aromatic heterocycles. The standard InChI is InChI=1S/C30H35ClN6O3/c1-40-14-13-36-11-8-30(9-12-36)18-37(19-30)22-5-6-23-25(16-22)35-28(34-23)27-24(7-10-32-29(27)39)33-17-26(38)20-3-2-4-21(31)15-20/h2-7,10,15-16,26,38H,8-9,11-14,17-19H2,1H3,(H,34,35)(H2,32,33,39)/t26-/m0/s1. The van der Waals surface area contributed by atoms with Crippen LogP contribution in [0.25, 0.3) is 22.4 Å². The number of aliphatic hydroxyl groups excluding tert-OH is 1. The Morgan fingerprint density at radius 2 is 1.98 bits per heavy atom. The molecule has 9 nitrogen and oxygen atoms in total. The van der Waals surface area contributed by atoms with Gasteiger partial charge in [0.05, 0.1) is 29.4 Å². The Kier molecular flexibility index (Phi) is 7.55. The third kappa shape index (κ3) is 5.47. The molecule has 2 aliphatic heterocycles. The van der Waals surface area contributed by atoms with Crippen molar-refractivity contribution in [2.75, 3.05) is 63.2 Å². The van der Waals surface area contributed by atoms with Crippen LogP contribution in [0.15, 0.2) is 54.7 Å². The summed E-state index contributed by atoms with van der Waals surface area (Å²) in [5.74, 6) is 0.379. The van der Waals surface area contributed by atoms with Gasteiger partial charge in [0, 0.05) is 55.6 Å². The first-order valence-corrected chi connectivity index (χ1v) is 14.1. The molecule has 10 heteroatoms. The van der Waals surface area contributed by atoms with E-state index in [-0.39, 0.29) is 12.4 Å². The highest BCUT2D eigenvalue weighted by atomic mass is 35.5. The molecule has 4 N–H and O–H groups in total. The van der Waals surface area contributed by atoms with Crippen LogP contribution in [0.4, 0.5) is 11.4 Å². The summed E-state index contributed by atoms with van der Waals surface area (Å²) in [4.78, 5) is 17.2. The molecule has 40 heavy (non-hydrogen) atoms. The van der Waals surface area contributed by atoms with Crippen molar-refractivity contribution in [1.82, 2.24) is 19.9 Å². The maximum absolute atomic E-state index is 10.7. The van der Waals surface area contributed by atoms with E-state index in [2.05, 4.69) is 37.2 Å². The average Bonchev–Trinajstić information content (AvgIpc) is 3.36. The second kappa shape index (κ2) is 11.2. The number of H-pyrrole nitrogens is 1. The Labute approximate surface area is 238 Å². The quantitative estimate of drug-likeness (QED) is 0.233. The molecule has 2 saturated heterocycles. The number of hydrogen-bond donors (Lipinski definition) is 4. The highest BCUT2D eigenvalue weighted by Gasteiger charge is 2.44. The van der Waals surface area contributed by atoms with Crippen LogP contribution in [0.3, 0.4) is 0 Å². The number of fused-ring (bicyclic) bond motifs is 1. The summed E-state index contributed by atoms with van der Waals surface area (Å²) in [6.45, 7) is 6.45. The minimum atomic E-state index is -0.780. The topological polar surface area (TPSA) is 110 Å². The van der Waals surface area contributed by atoms with Crippen molar-refractivity contribution >= 4 is 34.0 Å². The second-order valence-corrected chi connectivity index (χ2v) is 11.4. The van der Waals surface area contributed by atoms with Gasteiger partial charge in [-0.25, -0.2) is 9.97 Å². The number of aliphatic hydroxyl groups is 1. The van der Waals surface area contributed by atoms with Crippen molar-refractivity contribution in [3.8, 4) is 17.3 Å². The van der Waals surface area contributed by atoms with Gasteiger partial charge in [0.25, 0.3) is 0 Å². The van der Waals surface area contributed by atoms with Crippen LogP contribution in [-0.4, -0.2) is 83.1 Å². The summed E-state index contributed by atoms with van der Waals surface area (Å²) in [5.41, 5.74) is 5.07. The number of halogens is 1. The molecular weight excluding hydrogens is 528 g/mol. The lowest BCUT2D eigenvalue weighted by molar-refractivity contribution is 0.0591. The zero-order valence-corrected chi connectivity index (χ0v) is 23.4. The van der Waals surface area contributed by atoms with Crippen LogP contribution < -0.4 is 10.2 Å². The van der Waals surface area contributed by atoms with E-state index in [0.717, 1.165) is 56.1 Å². The molecule has 4 heterocycles. The zero-order valence-electron chi connectivity index (χ0n) is 22.6. The molecule has 2 aliphatic rings. The molecule has 0 bridgehead atoms. The minimum absolute atomic E-state index is 0.136. The van der Waals surface area contributed by atoms with Gasteiger partial charge >= 0.3 is 0 Å². The van der Waals surface area contributed by atoms with Gasteiger partial charge in [-0.3, -0.25) is 0 Å². The Bertz CT molecular complexity index is 1480. The SMILES string of the molecule is COCCN1CCC2(CC1)CN(c1ccc3[nH]c(-c4c(NC[C@H](O)c5cccc(Cl)c5)ccnc4O)nc3c1)C2. The van der Waals surface area contributed by atoms with Crippen molar-refractivity contribution in [3.63, 3.8) is 0 Å². The summed E-state index contributed by atoms with van der Waals surface area (Å²) >= 11 is 6.08. The third-order valence-corrected chi connectivity index (χ3v) is 8.53. The molecule has 6 rings (SSSR count). The molecule has 2 aromatic carbocycles. The lowest BCUT2D eigenvalue weighted by Crippen LogP contribution is -2.60. The van der Waals surface area contributed by atoms with E-state index in [0.29, 0.717) is 33.1 Å². The molecule has 4 aromatic rings.